The third kappa shape index (κ3) is 3.67. The van der Waals surface area contributed by atoms with Crippen molar-refractivity contribution >= 4 is 21.9 Å². The van der Waals surface area contributed by atoms with Crippen molar-refractivity contribution in [2.75, 3.05) is 26.7 Å². The van der Waals surface area contributed by atoms with Gasteiger partial charge in [0.05, 0.1) is 10.5 Å². The van der Waals surface area contributed by atoms with Crippen molar-refractivity contribution in [3.05, 3.63) is 29.6 Å². The lowest BCUT2D eigenvalue weighted by Gasteiger charge is -2.17. The van der Waals surface area contributed by atoms with Crippen LogP contribution in [0.3, 0.4) is 0 Å². The Morgan fingerprint density at radius 1 is 1.30 bits per heavy atom. The van der Waals surface area contributed by atoms with E-state index in [4.69, 9.17) is 5.11 Å². The summed E-state index contributed by atoms with van der Waals surface area (Å²) in [5.74, 6) is -2.73. The van der Waals surface area contributed by atoms with Crippen molar-refractivity contribution < 1.29 is 27.5 Å². The van der Waals surface area contributed by atoms with Crippen LogP contribution in [0.25, 0.3) is 0 Å². The first kappa shape index (κ1) is 17.4. The van der Waals surface area contributed by atoms with Crippen molar-refractivity contribution in [1.29, 1.82) is 0 Å². The van der Waals surface area contributed by atoms with Gasteiger partial charge >= 0.3 is 5.97 Å². The van der Waals surface area contributed by atoms with Gasteiger partial charge in [-0.05, 0) is 31.0 Å². The summed E-state index contributed by atoms with van der Waals surface area (Å²) in [6, 6.07) is 2.98. The van der Waals surface area contributed by atoms with Crippen LogP contribution in [-0.4, -0.2) is 61.3 Å². The maximum atomic E-state index is 14.2. The molecule has 1 aromatic carbocycles. The van der Waals surface area contributed by atoms with Gasteiger partial charge in [-0.2, -0.15) is 4.31 Å². The molecule has 0 saturated carbocycles. The number of benzene rings is 1. The molecule has 0 bridgehead atoms. The predicted octanol–water partition coefficient (Wildman–Crippen LogP) is 0.767. The molecule has 23 heavy (non-hydrogen) atoms. The van der Waals surface area contributed by atoms with Gasteiger partial charge in [-0.1, -0.05) is 0 Å². The largest absolute Gasteiger partial charge is 0.480 e. The minimum atomic E-state index is -4.13. The van der Waals surface area contributed by atoms with Gasteiger partial charge in [-0.15, -0.1) is 0 Å². The lowest BCUT2D eigenvalue weighted by molar-refractivity contribution is -0.137. The fourth-order valence-electron chi connectivity index (χ4n) is 2.38. The molecule has 1 aliphatic rings. The lowest BCUT2D eigenvalue weighted by Crippen LogP contribution is -2.32. The Balaban J connectivity index is 2.28. The topological polar surface area (TPSA) is 95.0 Å². The molecule has 2 rings (SSSR count). The number of carboxylic acid groups (broad SMARTS) is 1. The quantitative estimate of drug-likeness (QED) is 0.851. The Kier molecular flexibility index (Phi) is 5.00. The molecule has 0 radical (unpaired) electrons. The van der Waals surface area contributed by atoms with Crippen LogP contribution in [0.5, 0.6) is 0 Å². The predicted molar refractivity (Wildman–Crippen MR) is 79.0 cm³/mol. The average Bonchev–Trinajstić information content (AvgIpc) is 2.99. The van der Waals surface area contributed by atoms with E-state index in [9.17, 15) is 22.4 Å². The Morgan fingerprint density at radius 2 is 1.91 bits per heavy atom. The number of hydrogen-bond acceptors (Lipinski definition) is 4. The minimum absolute atomic E-state index is 0.188. The number of aliphatic carboxylic acids is 1. The summed E-state index contributed by atoms with van der Waals surface area (Å²) < 4.78 is 39.1. The molecule has 1 fully saturated rings. The zero-order valence-corrected chi connectivity index (χ0v) is 13.3. The standard InChI is InChI=1S/C14H17FN2O5S/c1-16(9-13(18)19)23(21,22)10-4-5-11(12(15)8-10)14(20)17-6-2-3-7-17/h4-5,8H,2-3,6-7,9H2,1H3,(H,18,19). The number of carbonyl (C=O) groups excluding carboxylic acids is 1. The van der Waals surface area contributed by atoms with Crippen LogP contribution in [0.2, 0.25) is 0 Å². The molecule has 0 atom stereocenters. The number of nitrogens with zero attached hydrogens (tertiary/aromatic N) is 2. The summed E-state index contributed by atoms with van der Waals surface area (Å²) in [5.41, 5.74) is -0.188. The summed E-state index contributed by atoms with van der Waals surface area (Å²) in [5, 5.41) is 8.66. The Hall–Kier alpha value is -2.00. The molecule has 1 amide bonds. The fourth-order valence-corrected chi connectivity index (χ4v) is 3.51. The first-order chi connectivity index (χ1) is 10.7. The highest BCUT2D eigenvalue weighted by molar-refractivity contribution is 7.89. The Morgan fingerprint density at radius 3 is 2.43 bits per heavy atom. The van der Waals surface area contributed by atoms with E-state index in [1.165, 1.54) is 4.90 Å². The summed E-state index contributed by atoms with van der Waals surface area (Å²) >= 11 is 0. The molecule has 0 spiro atoms. The number of sulfonamides is 1. The highest BCUT2D eigenvalue weighted by atomic mass is 32.2. The zero-order chi connectivity index (χ0) is 17.2. The van der Waals surface area contributed by atoms with E-state index in [0.29, 0.717) is 17.4 Å². The van der Waals surface area contributed by atoms with E-state index in [2.05, 4.69) is 0 Å². The highest BCUT2D eigenvalue weighted by Crippen LogP contribution is 2.20. The van der Waals surface area contributed by atoms with Gasteiger partial charge in [0.2, 0.25) is 10.0 Å². The molecule has 0 aromatic heterocycles. The van der Waals surface area contributed by atoms with Crippen molar-refractivity contribution in [3.63, 3.8) is 0 Å². The first-order valence-electron chi connectivity index (χ1n) is 7.00. The third-order valence-corrected chi connectivity index (χ3v) is 5.43. The van der Waals surface area contributed by atoms with E-state index < -0.39 is 39.2 Å². The Bertz CT molecular complexity index is 729. The monoisotopic (exact) mass is 344 g/mol. The van der Waals surface area contributed by atoms with Gasteiger partial charge < -0.3 is 10.0 Å². The van der Waals surface area contributed by atoms with E-state index in [1.807, 2.05) is 0 Å². The molecule has 126 valence electrons. The number of carbonyl (C=O) groups is 2. The lowest BCUT2D eigenvalue weighted by atomic mass is 10.2. The molecular formula is C14H17FN2O5S. The van der Waals surface area contributed by atoms with Crippen LogP contribution in [-0.2, 0) is 14.8 Å². The molecule has 1 N–H and O–H groups in total. The molecule has 0 aliphatic carbocycles. The number of rotatable bonds is 5. The number of carboxylic acids is 1. The minimum Gasteiger partial charge on any atom is -0.480 e. The van der Waals surface area contributed by atoms with Crippen LogP contribution in [0, 0.1) is 5.82 Å². The first-order valence-corrected chi connectivity index (χ1v) is 8.44. The Labute approximate surface area is 133 Å². The van der Waals surface area contributed by atoms with Crippen molar-refractivity contribution in [3.8, 4) is 0 Å². The fraction of sp³-hybridized carbons (Fsp3) is 0.429. The second kappa shape index (κ2) is 6.63. The average molecular weight is 344 g/mol. The summed E-state index contributed by atoms with van der Waals surface area (Å²) in [6.45, 7) is 0.373. The maximum Gasteiger partial charge on any atom is 0.318 e. The number of hydrogen-bond donors (Lipinski definition) is 1. The normalized spacial score (nSPS) is 15.2. The molecule has 9 heteroatoms. The molecule has 1 aliphatic heterocycles. The second-order valence-corrected chi connectivity index (χ2v) is 7.34. The van der Waals surface area contributed by atoms with Crippen LogP contribution < -0.4 is 0 Å². The smallest absolute Gasteiger partial charge is 0.318 e. The van der Waals surface area contributed by atoms with Gasteiger partial charge in [0.15, 0.2) is 0 Å². The van der Waals surface area contributed by atoms with Crippen molar-refractivity contribution in [1.82, 2.24) is 9.21 Å². The van der Waals surface area contributed by atoms with Crippen molar-refractivity contribution in [2.24, 2.45) is 0 Å². The number of amides is 1. The highest BCUT2D eigenvalue weighted by Gasteiger charge is 2.26. The third-order valence-electron chi connectivity index (χ3n) is 3.63. The van der Waals surface area contributed by atoms with Crippen LogP contribution >= 0.6 is 0 Å². The molecular weight excluding hydrogens is 327 g/mol. The molecule has 0 unspecified atom stereocenters. The van der Waals surface area contributed by atoms with Gasteiger partial charge in [0, 0.05) is 20.1 Å². The zero-order valence-electron chi connectivity index (χ0n) is 12.5. The molecule has 1 saturated heterocycles. The van der Waals surface area contributed by atoms with Gasteiger partial charge in [0.1, 0.15) is 12.4 Å². The molecule has 7 nitrogen and oxygen atoms in total. The van der Waals surface area contributed by atoms with Gasteiger partial charge in [-0.3, -0.25) is 9.59 Å². The number of likely N-dealkylation sites (tertiary alicyclic amines) is 1. The number of likely N-dealkylation sites (N-methyl/N-ethyl adjacent to an activating group) is 1. The van der Waals surface area contributed by atoms with E-state index >= 15 is 0 Å². The van der Waals surface area contributed by atoms with Crippen LogP contribution in [0.4, 0.5) is 4.39 Å². The second-order valence-electron chi connectivity index (χ2n) is 5.30. The number of halogens is 1. The summed E-state index contributed by atoms with van der Waals surface area (Å²) in [4.78, 5) is 23.9. The molecule has 1 heterocycles. The van der Waals surface area contributed by atoms with Gasteiger partial charge in [-0.25, -0.2) is 12.8 Å². The maximum absolute atomic E-state index is 14.2. The van der Waals surface area contributed by atoms with Gasteiger partial charge in [0.25, 0.3) is 5.91 Å². The molecule has 1 aromatic rings. The van der Waals surface area contributed by atoms with E-state index in [0.717, 1.165) is 38.1 Å². The van der Waals surface area contributed by atoms with Crippen LogP contribution in [0.15, 0.2) is 23.1 Å². The SMILES string of the molecule is CN(CC(=O)O)S(=O)(=O)c1ccc(C(=O)N2CCCC2)c(F)c1. The van der Waals surface area contributed by atoms with Crippen LogP contribution in [0.1, 0.15) is 23.2 Å². The summed E-state index contributed by atoms with van der Waals surface area (Å²) in [6.07, 6.45) is 1.72. The summed E-state index contributed by atoms with van der Waals surface area (Å²) in [7, 11) is -3.04. The van der Waals surface area contributed by atoms with E-state index in [1.54, 1.807) is 0 Å². The van der Waals surface area contributed by atoms with E-state index in [-0.39, 0.29) is 5.56 Å². The van der Waals surface area contributed by atoms with Crippen molar-refractivity contribution in [2.45, 2.75) is 17.7 Å².